The first-order valence-corrected chi connectivity index (χ1v) is 6.74. The number of nitrogens with one attached hydrogen (secondary N) is 1. The smallest absolute Gasteiger partial charge is 0.265 e. The third-order valence-electron chi connectivity index (χ3n) is 3.29. The molecule has 0 unspecified atom stereocenters. The van der Waals surface area contributed by atoms with Crippen molar-refractivity contribution >= 4 is 11.6 Å². The van der Waals surface area contributed by atoms with E-state index in [0.717, 1.165) is 17.8 Å². The van der Waals surface area contributed by atoms with E-state index in [-0.39, 0.29) is 11.7 Å². The highest BCUT2D eigenvalue weighted by Gasteiger charge is 2.07. The van der Waals surface area contributed by atoms with Gasteiger partial charge in [0.25, 0.3) is 5.91 Å². The van der Waals surface area contributed by atoms with Crippen LogP contribution in [-0.2, 0) is 6.54 Å². The Morgan fingerprint density at radius 1 is 1.14 bits per heavy atom. The van der Waals surface area contributed by atoms with Crippen molar-refractivity contribution in [3.8, 4) is 0 Å². The van der Waals surface area contributed by atoms with Crippen LogP contribution in [0.3, 0.4) is 0 Å². The molecule has 2 rings (SSSR count). The lowest BCUT2D eigenvalue weighted by Gasteiger charge is -2.23. The molecule has 0 fully saturated rings. The van der Waals surface area contributed by atoms with Gasteiger partial charge in [0.2, 0.25) is 0 Å². The van der Waals surface area contributed by atoms with Crippen molar-refractivity contribution in [3.05, 3.63) is 65.5 Å². The first kappa shape index (κ1) is 15.0. The van der Waals surface area contributed by atoms with E-state index in [1.807, 2.05) is 19.1 Å². The summed E-state index contributed by atoms with van der Waals surface area (Å²) in [6.07, 6.45) is 0. The zero-order chi connectivity index (χ0) is 15.2. The first-order chi connectivity index (χ1) is 10.1. The topological polar surface area (TPSA) is 58.4 Å². The summed E-state index contributed by atoms with van der Waals surface area (Å²) >= 11 is 0. The van der Waals surface area contributed by atoms with Crippen LogP contribution in [0.25, 0.3) is 0 Å². The maximum atomic E-state index is 13.0. The number of anilines is 1. The normalized spacial score (nSPS) is 10.2. The van der Waals surface area contributed by atoms with Crippen molar-refractivity contribution in [3.63, 3.8) is 0 Å². The number of nitrogen functional groups attached to an aromatic ring is 1. The molecule has 4 nitrogen and oxygen atoms in total. The Hall–Kier alpha value is -2.40. The number of halogens is 1. The van der Waals surface area contributed by atoms with Crippen LogP contribution in [0.5, 0.6) is 0 Å². The van der Waals surface area contributed by atoms with Gasteiger partial charge in [-0.3, -0.25) is 10.2 Å². The number of hydrogen-bond acceptors (Lipinski definition) is 3. The van der Waals surface area contributed by atoms with Gasteiger partial charge >= 0.3 is 0 Å². The molecule has 0 aliphatic rings. The second-order valence-electron chi connectivity index (χ2n) is 4.66. The summed E-state index contributed by atoms with van der Waals surface area (Å²) in [6.45, 7) is 3.53. The summed E-state index contributed by atoms with van der Waals surface area (Å²) in [7, 11) is 0. The van der Waals surface area contributed by atoms with Crippen LogP contribution in [0, 0.1) is 5.82 Å². The zero-order valence-corrected chi connectivity index (χ0v) is 11.8. The lowest BCUT2D eigenvalue weighted by Crippen LogP contribution is -2.30. The highest BCUT2D eigenvalue weighted by atomic mass is 19.1. The van der Waals surface area contributed by atoms with Gasteiger partial charge in [-0.05, 0) is 48.9 Å². The number of nitrogens with zero attached hydrogens (tertiary/aromatic N) is 1. The molecule has 1 amide bonds. The summed E-state index contributed by atoms with van der Waals surface area (Å²) in [5.74, 6) is 4.54. The average molecular weight is 287 g/mol. The quantitative estimate of drug-likeness (QED) is 0.504. The van der Waals surface area contributed by atoms with Gasteiger partial charge in [-0.25, -0.2) is 10.2 Å². The van der Waals surface area contributed by atoms with Crippen LogP contribution < -0.4 is 16.2 Å². The minimum absolute atomic E-state index is 0.244. The molecule has 0 radical (unpaired) electrons. The molecule has 2 aromatic rings. The summed E-state index contributed by atoms with van der Waals surface area (Å²) in [6, 6.07) is 13.7. The van der Waals surface area contributed by atoms with E-state index in [4.69, 9.17) is 5.84 Å². The second kappa shape index (κ2) is 6.85. The summed E-state index contributed by atoms with van der Waals surface area (Å²) in [4.78, 5) is 13.5. The predicted molar refractivity (Wildman–Crippen MR) is 81.2 cm³/mol. The largest absolute Gasteiger partial charge is 0.367 e. The molecule has 21 heavy (non-hydrogen) atoms. The van der Waals surface area contributed by atoms with Crippen molar-refractivity contribution in [1.82, 2.24) is 5.43 Å². The highest BCUT2D eigenvalue weighted by molar-refractivity contribution is 5.93. The third-order valence-corrected chi connectivity index (χ3v) is 3.29. The van der Waals surface area contributed by atoms with E-state index < -0.39 is 0 Å². The van der Waals surface area contributed by atoms with E-state index in [1.165, 1.54) is 12.1 Å². The molecule has 0 saturated heterocycles. The number of hydrazine groups is 1. The minimum atomic E-state index is -0.313. The SMILES string of the molecule is CCN(Cc1ccc(C(=O)NN)cc1)c1ccc(F)cc1. The fourth-order valence-electron chi connectivity index (χ4n) is 2.10. The van der Waals surface area contributed by atoms with Crippen LogP contribution in [0.4, 0.5) is 10.1 Å². The molecule has 0 aliphatic heterocycles. The van der Waals surface area contributed by atoms with Gasteiger partial charge in [0.05, 0.1) is 0 Å². The first-order valence-electron chi connectivity index (χ1n) is 6.74. The predicted octanol–water partition coefficient (Wildman–Crippen LogP) is 2.46. The van der Waals surface area contributed by atoms with Crippen molar-refractivity contribution in [2.24, 2.45) is 5.84 Å². The van der Waals surface area contributed by atoms with Gasteiger partial charge in [0, 0.05) is 24.3 Å². The van der Waals surface area contributed by atoms with Crippen LogP contribution >= 0.6 is 0 Å². The van der Waals surface area contributed by atoms with E-state index in [1.54, 1.807) is 24.3 Å². The maximum Gasteiger partial charge on any atom is 0.265 e. The van der Waals surface area contributed by atoms with Crippen molar-refractivity contribution in [1.29, 1.82) is 0 Å². The highest BCUT2D eigenvalue weighted by Crippen LogP contribution is 2.18. The van der Waals surface area contributed by atoms with Crippen molar-refractivity contribution in [2.75, 3.05) is 11.4 Å². The Bertz CT molecular complexity index is 596. The molecule has 5 heteroatoms. The number of carbonyl (C=O) groups excluding carboxylic acids is 1. The van der Waals surface area contributed by atoms with Crippen LogP contribution in [-0.4, -0.2) is 12.5 Å². The Morgan fingerprint density at radius 2 is 1.76 bits per heavy atom. The number of carbonyl (C=O) groups is 1. The number of rotatable bonds is 5. The summed E-state index contributed by atoms with van der Waals surface area (Å²) in [5, 5.41) is 0. The van der Waals surface area contributed by atoms with E-state index in [2.05, 4.69) is 10.3 Å². The van der Waals surface area contributed by atoms with Crippen LogP contribution in [0.1, 0.15) is 22.8 Å². The standard InChI is InChI=1S/C16H18FN3O/c1-2-20(15-9-7-14(17)8-10-15)11-12-3-5-13(6-4-12)16(21)19-18/h3-10H,2,11,18H2,1H3,(H,19,21). The van der Waals surface area contributed by atoms with Crippen LogP contribution in [0.15, 0.2) is 48.5 Å². The summed E-state index contributed by atoms with van der Waals surface area (Å²) < 4.78 is 13.0. The molecule has 110 valence electrons. The number of hydrogen-bond donors (Lipinski definition) is 2. The maximum absolute atomic E-state index is 13.0. The molecule has 0 spiro atoms. The molecular weight excluding hydrogens is 269 g/mol. The molecular formula is C16H18FN3O. The Morgan fingerprint density at radius 3 is 2.29 bits per heavy atom. The number of benzene rings is 2. The van der Waals surface area contributed by atoms with Gasteiger partial charge in [-0.15, -0.1) is 0 Å². The van der Waals surface area contributed by atoms with Gasteiger partial charge in [-0.2, -0.15) is 0 Å². The molecule has 0 bridgehead atoms. The minimum Gasteiger partial charge on any atom is -0.367 e. The summed E-state index contributed by atoms with van der Waals surface area (Å²) in [5.41, 5.74) is 4.64. The van der Waals surface area contributed by atoms with Crippen molar-refractivity contribution < 1.29 is 9.18 Å². The molecule has 3 N–H and O–H groups in total. The Kier molecular flexibility index (Phi) is 4.90. The van der Waals surface area contributed by atoms with Gasteiger partial charge < -0.3 is 4.90 Å². The Balaban J connectivity index is 2.11. The molecule has 0 aliphatic carbocycles. The second-order valence-corrected chi connectivity index (χ2v) is 4.66. The monoisotopic (exact) mass is 287 g/mol. The molecule has 0 heterocycles. The fourth-order valence-corrected chi connectivity index (χ4v) is 2.10. The van der Waals surface area contributed by atoms with Gasteiger partial charge in [0.1, 0.15) is 5.82 Å². The lowest BCUT2D eigenvalue weighted by atomic mass is 10.1. The zero-order valence-electron chi connectivity index (χ0n) is 11.8. The lowest BCUT2D eigenvalue weighted by molar-refractivity contribution is 0.0953. The van der Waals surface area contributed by atoms with E-state index in [0.29, 0.717) is 12.1 Å². The molecule has 0 saturated carbocycles. The molecule has 0 atom stereocenters. The number of amides is 1. The third kappa shape index (κ3) is 3.79. The average Bonchev–Trinajstić information content (AvgIpc) is 2.53. The van der Waals surface area contributed by atoms with Crippen molar-refractivity contribution in [2.45, 2.75) is 13.5 Å². The van der Waals surface area contributed by atoms with Gasteiger partial charge in [-0.1, -0.05) is 12.1 Å². The van der Waals surface area contributed by atoms with Gasteiger partial charge in [0.15, 0.2) is 0 Å². The number of nitrogens with two attached hydrogens (primary N) is 1. The molecule has 0 aromatic heterocycles. The molecule has 2 aromatic carbocycles. The van der Waals surface area contributed by atoms with E-state index >= 15 is 0 Å². The van der Waals surface area contributed by atoms with E-state index in [9.17, 15) is 9.18 Å². The Labute approximate surface area is 123 Å². The van der Waals surface area contributed by atoms with Crippen LogP contribution in [0.2, 0.25) is 0 Å². The fraction of sp³-hybridized carbons (Fsp3) is 0.188.